The van der Waals surface area contributed by atoms with Crippen LogP contribution in [0.4, 0.5) is 16.0 Å². The molecular weight excluding hydrogens is 425 g/mol. The summed E-state index contributed by atoms with van der Waals surface area (Å²) in [6.07, 6.45) is 1.36. The van der Waals surface area contributed by atoms with Gasteiger partial charge < -0.3 is 15.0 Å². The van der Waals surface area contributed by atoms with Gasteiger partial charge in [-0.3, -0.25) is 4.79 Å². The van der Waals surface area contributed by atoms with E-state index in [2.05, 4.69) is 15.4 Å². The van der Waals surface area contributed by atoms with Crippen LogP contribution in [0.2, 0.25) is 0 Å². The number of carbonyl (C=O) groups is 2. The Labute approximate surface area is 190 Å². The molecule has 170 valence electrons. The van der Waals surface area contributed by atoms with E-state index in [4.69, 9.17) is 4.74 Å². The fourth-order valence-corrected chi connectivity index (χ4v) is 3.83. The Balaban J connectivity index is 1.72. The van der Waals surface area contributed by atoms with Gasteiger partial charge in [-0.1, -0.05) is 29.8 Å². The number of carbonyl (C=O) groups excluding carboxylic acids is 2. The monoisotopic (exact) mass is 449 g/mol. The molecule has 2 aromatic carbocycles. The third kappa shape index (κ3) is 4.48. The first-order valence-corrected chi connectivity index (χ1v) is 10.6. The summed E-state index contributed by atoms with van der Waals surface area (Å²) in [6.45, 7) is 5.52. The molecule has 0 aliphatic carbocycles. The van der Waals surface area contributed by atoms with Crippen molar-refractivity contribution in [2.75, 3.05) is 23.4 Å². The highest BCUT2D eigenvalue weighted by Gasteiger charge is 2.38. The van der Waals surface area contributed by atoms with Crippen molar-refractivity contribution in [3.8, 4) is 0 Å². The van der Waals surface area contributed by atoms with Crippen molar-refractivity contribution in [1.29, 1.82) is 0 Å². The van der Waals surface area contributed by atoms with Gasteiger partial charge in [-0.05, 0) is 50.6 Å². The molecule has 1 unspecified atom stereocenters. The van der Waals surface area contributed by atoms with Gasteiger partial charge in [-0.15, -0.1) is 0 Å². The zero-order valence-corrected chi connectivity index (χ0v) is 18.6. The van der Waals surface area contributed by atoms with Gasteiger partial charge in [0.15, 0.2) is 0 Å². The second kappa shape index (κ2) is 9.23. The average molecular weight is 449 g/mol. The highest BCUT2D eigenvalue weighted by Crippen LogP contribution is 2.38. The lowest BCUT2D eigenvalue weighted by molar-refractivity contribution is -0.139. The number of aryl methyl sites for hydroxylation is 1. The zero-order chi connectivity index (χ0) is 23.5. The van der Waals surface area contributed by atoms with Gasteiger partial charge in [-0.25, -0.2) is 13.9 Å². The van der Waals surface area contributed by atoms with Crippen LogP contribution in [0.15, 0.2) is 66.1 Å². The minimum atomic E-state index is -0.668. The van der Waals surface area contributed by atoms with Crippen molar-refractivity contribution in [2.45, 2.75) is 26.8 Å². The number of allylic oxidation sites excluding steroid dienone is 1. The van der Waals surface area contributed by atoms with E-state index < -0.39 is 12.0 Å². The Morgan fingerprint density at radius 3 is 2.45 bits per heavy atom. The number of benzene rings is 2. The van der Waals surface area contributed by atoms with E-state index >= 15 is 0 Å². The maximum atomic E-state index is 13.6. The Bertz CT molecular complexity index is 1200. The number of aromatic nitrogens is 3. The maximum Gasteiger partial charge on any atom is 0.338 e. The van der Waals surface area contributed by atoms with E-state index in [0.29, 0.717) is 28.5 Å². The molecule has 0 spiro atoms. The third-order valence-electron chi connectivity index (χ3n) is 5.43. The van der Waals surface area contributed by atoms with Gasteiger partial charge in [0, 0.05) is 11.4 Å². The molecule has 1 atom stereocenters. The van der Waals surface area contributed by atoms with Gasteiger partial charge in [-0.2, -0.15) is 10.1 Å². The summed E-state index contributed by atoms with van der Waals surface area (Å²) in [7, 11) is 0. The summed E-state index contributed by atoms with van der Waals surface area (Å²) in [4.78, 5) is 31.8. The lowest BCUT2D eigenvalue weighted by Gasteiger charge is -2.35. The first-order chi connectivity index (χ1) is 15.9. The molecule has 2 heterocycles. The van der Waals surface area contributed by atoms with Crippen molar-refractivity contribution in [3.05, 3.63) is 83.1 Å². The number of fused-ring (bicyclic) bond motifs is 1. The highest BCUT2D eigenvalue weighted by molar-refractivity contribution is 5.96. The summed E-state index contributed by atoms with van der Waals surface area (Å²) < 4.78 is 20.4. The molecule has 3 aromatic rings. The van der Waals surface area contributed by atoms with E-state index in [1.54, 1.807) is 35.6 Å². The maximum absolute atomic E-state index is 13.6. The van der Waals surface area contributed by atoms with E-state index in [1.165, 1.54) is 18.5 Å². The van der Waals surface area contributed by atoms with E-state index in [9.17, 15) is 14.0 Å². The van der Waals surface area contributed by atoms with Gasteiger partial charge in [0.05, 0.1) is 12.2 Å². The largest absolute Gasteiger partial charge is 0.463 e. The summed E-state index contributed by atoms with van der Waals surface area (Å²) in [5.74, 6) is -0.805. The fourth-order valence-electron chi connectivity index (χ4n) is 3.83. The van der Waals surface area contributed by atoms with Crippen LogP contribution in [0.25, 0.3) is 0 Å². The number of anilines is 2. The van der Waals surface area contributed by atoms with Crippen LogP contribution < -0.4 is 10.2 Å². The van der Waals surface area contributed by atoms with Crippen molar-refractivity contribution < 1.29 is 18.7 Å². The minimum absolute atomic E-state index is 0.0859. The lowest BCUT2D eigenvalue weighted by Crippen LogP contribution is -2.40. The second-order valence-corrected chi connectivity index (χ2v) is 7.68. The molecule has 0 bridgehead atoms. The van der Waals surface area contributed by atoms with Crippen molar-refractivity contribution >= 4 is 23.5 Å². The summed E-state index contributed by atoms with van der Waals surface area (Å²) in [5, 5.41) is 7.17. The standard InChI is InChI=1S/C24H24FN5O3/c1-4-33-23(32)21-16(3)29(13-20(31)28-19-11-5-15(2)6-12-19)24-26-14-27-30(24)22(21)17-7-9-18(25)10-8-17/h5-12,14,22H,4,13H2,1-3H3,(H,28,31). The number of ether oxygens (including phenoxy) is 1. The second-order valence-electron chi connectivity index (χ2n) is 7.68. The molecule has 1 aliphatic rings. The number of esters is 1. The average Bonchev–Trinajstić information content (AvgIpc) is 3.27. The SMILES string of the molecule is CCOC(=O)C1=C(C)N(CC(=O)Nc2ccc(C)cc2)c2ncnn2C1c1ccc(F)cc1. The molecule has 0 fully saturated rings. The van der Waals surface area contributed by atoms with Crippen molar-refractivity contribution in [3.63, 3.8) is 0 Å². The molecule has 8 nitrogen and oxygen atoms in total. The Morgan fingerprint density at radius 2 is 1.79 bits per heavy atom. The summed E-state index contributed by atoms with van der Waals surface area (Å²) in [5.41, 5.74) is 3.23. The predicted molar refractivity (Wildman–Crippen MR) is 121 cm³/mol. The number of hydrogen-bond donors (Lipinski definition) is 1. The summed E-state index contributed by atoms with van der Waals surface area (Å²) in [6, 6.07) is 12.6. The fraction of sp³-hybridized carbons (Fsp3) is 0.250. The molecule has 33 heavy (non-hydrogen) atoms. The molecule has 9 heteroatoms. The normalized spacial score (nSPS) is 15.3. The van der Waals surface area contributed by atoms with Crippen LogP contribution >= 0.6 is 0 Å². The molecule has 4 rings (SSSR count). The van der Waals surface area contributed by atoms with Gasteiger partial charge >= 0.3 is 5.97 Å². The van der Waals surface area contributed by atoms with E-state index in [0.717, 1.165) is 5.56 Å². The number of amides is 1. The van der Waals surface area contributed by atoms with E-state index in [1.807, 2.05) is 31.2 Å². The molecule has 0 saturated heterocycles. The van der Waals surface area contributed by atoms with Crippen LogP contribution in [0.1, 0.15) is 31.0 Å². The van der Waals surface area contributed by atoms with Crippen LogP contribution in [0.3, 0.4) is 0 Å². The third-order valence-corrected chi connectivity index (χ3v) is 5.43. The zero-order valence-electron chi connectivity index (χ0n) is 18.6. The number of nitrogens with zero attached hydrogens (tertiary/aromatic N) is 4. The van der Waals surface area contributed by atoms with Crippen LogP contribution in [0.5, 0.6) is 0 Å². The Kier molecular flexibility index (Phi) is 6.21. The van der Waals surface area contributed by atoms with Gasteiger partial charge in [0.2, 0.25) is 11.9 Å². The lowest BCUT2D eigenvalue weighted by atomic mass is 9.95. The van der Waals surface area contributed by atoms with Crippen LogP contribution in [-0.2, 0) is 14.3 Å². The minimum Gasteiger partial charge on any atom is -0.463 e. The van der Waals surface area contributed by atoms with Gasteiger partial charge in [0.25, 0.3) is 0 Å². The molecule has 1 aromatic heterocycles. The Morgan fingerprint density at radius 1 is 1.09 bits per heavy atom. The predicted octanol–water partition coefficient (Wildman–Crippen LogP) is 3.61. The molecule has 1 N–H and O–H groups in total. The van der Waals surface area contributed by atoms with Gasteiger partial charge in [0.1, 0.15) is 24.7 Å². The number of nitrogens with one attached hydrogen (secondary N) is 1. The van der Waals surface area contributed by atoms with Crippen LogP contribution in [0, 0.1) is 12.7 Å². The first kappa shape index (κ1) is 22.2. The highest BCUT2D eigenvalue weighted by atomic mass is 19.1. The van der Waals surface area contributed by atoms with Crippen LogP contribution in [-0.4, -0.2) is 39.8 Å². The number of hydrogen-bond acceptors (Lipinski definition) is 6. The molecular formula is C24H24FN5O3. The molecule has 1 amide bonds. The summed E-state index contributed by atoms with van der Waals surface area (Å²) >= 11 is 0. The van der Waals surface area contributed by atoms with E-state index in [-0.39, 0.29) is 24.9 Å². The number of rotatable bonds is 6. The Hall–Kier alpha value is -4.01. The molecule has 1 aliphatic heterocycles. The number of halogens is 1. The topological polar surface area (TPSA) is 89.3 Å². The molecule has 0 saturated carbocycles. The first-order valence-electron chi connectivity index (χ1n) is 10.6. The molecule has 0 radical (unpaired) electrons. The van der Waals surface area contributed by atoms with Crippen molar-refractivity contribution in [2.24, 2.45) is 0 Å². The van der Waals surface area contributed by atoms with Crippen molar-refractivity contribution in [1.82, 2.24) is 14.8 Å². The smallest absolute Gasteiger partial charge is 0.338 e. The quantitative estimate of drug-likeness (QED) is 0.579.